The molecule has 1 aliphatic heterocycles. The van der Waals surface area contributed by atoms with Crippen molar-refractivity contribution in [2.24, 2.45) is 28.3 Å². The second-order valence-electron chi connectivity index (χ2n) is 9.38. The van der Waals surface area contributed by atoms with Crippen LogP contribution in [0.3, 0.4) is 0 Å². The zero-order chi connectivity index (χ0) is 22.4. The Morgan fingerprint density at radius 1 is 1.19 bits per heavy atom. The molecule has 3 rings (SSSR count). The molecule has 31 heavy (non-hydrogen) atoms. The minimum absolute atomic E-state index is 0.00563. The van der Waals surface area contributed by atoms with E-state index < -0.39 is 17.7 Å². The smallest absolute Gasteiger partial charge is 0.252 e. The Kier molecular flexibility index (Phi) is 7.91. The van der Waals surface area contributed by atoms with Gasteiger partial charge in [0.15, 0.2) is 5.96 Å². The van der Waals surface area contributed by atoms with Gasteiger partial charge in [0.25, 0.3) is 5.91 Å². The SMILES string of the molecule is NC(N)=NCCC[C@@H](C=O)NC(=O)C12C[C@@H]1CCN2C(=O)[C@H](O)CC1CCCCCC1. The molecule has 9 nitrogen and oxygen atoms in total. The number of piperidine rings is 1. The summed E-state index contributed by atoms with van der Waals surface area (Å²) in [5, 5.41) is 13.5. The molecular formula is C22H37N5O4. The molecule has 0 spiro atoms. The van der Waals surface area contributed by atoms with Crippen LogP contribution in [0.2, 0.25) is 0 Å². The summed E-state index contributed by atoms with van der Waals surface area (Å²) in [6.07, 6.45) is 9.32. The highest BCUT2D eigenvalue weighted by molar-refractivity contribution is 5.97. The zero-order valence-electron chi connectivity index (χ0n) is 18.3. The minimum atomic E-state index is -1.06. The van der Waals surface area contributed by atoms with Crippen molar-refractivity contribution in [1.29, 1.82) is 0 Å². The Balaban J connectivity index is 1.56. The number of likely N-dealkylation sites (tertiary alicyclic amines) is 1. The lowest BCUT2D eigenvalue weighted by molar-refractivity contribution is -0.148. The molecule has 1 unspecified atom stereocenters. The van der Waals surface area contributed by atoms with Gasteiger partial charge in [-0.3, -0.25) is 14.6 Å². The van der Waals surface area contributed by atoms with Gasteiger partial charge in [0.05, 0.1) is 6.04 Å². The van der Waals surface area contributed by atoms with Gasteiger partial charge in [-0.15, -0.1) is 0 Å². The van der Waals surface area contributed by atoms with Crippen LogP contribution in [0, 0.1) is 11.8 Å². The van der Waals surface area contributed by atoms with Crippen LogP contribution in [0.1, 0.15) is 70.6 Å². The standard InChI is InChI=1S/C22H37N5O4/c23-21(24)25-10-5-8-17(14-28)26-20(31)22-13-16(22)9-11-27(22)19(30)18(29)12-15-6-3-1-2-4-7-15/h14-18,29H,1-13H2,(H,26,31)(H4,23,24,25)/t16-,17-,18+,22?/m0/s1. The van der Waals surface area contributed by atoms with E-state index in [-0.39, 0.29) is 23.7 Å². The minimum Gasteiger partial charge on any atom is -0.383 e. The first-order valence-corrected chi connectivity index (χ1v) is 11.7. The van der Waals surface area contributed by atoms with Crippen LogP contribution in [-0.2, 0) is 14.4 Å². The van der Waals surface area contributed by atoms with Crippen LogP contribution in [-0.4, -0.2) is 64.8 Å². The van der Waals surface area contributed by atoms with Gasteiger partial charge in [-0.25, -0.2) is 0 Å². The van der Waals surface area contributed by atoms with E-state index >= 15 is 0 Å². The van der Waals surface area contributed by atoms with E-state index in [2.05, 4.69) is 10.3 Å². The number of guanidine groups is 1. The Bertz CT molecular complexity index is 687. The number of amides is 2. The van der Waals surface area contributed by atoms with Gasteiger partial charge >= 0.3 is 0 Å². The van der Waals surface area contributed by atoms with Crippen molar-refractivity contribution >= 4 is 24.1 Å². The van der Waals surface area contributed by atoms with E-state index in [9.17, 15) is 19.5 Å². The van der Waals surface area contributed by atoms with Crippen molar-refractivity contribution < 1.29 is 19.5 Å². The monoisotopic (exact) mass is 435 g/mol. The Hall–Kier alpha value is -2.16. The largest absolute Gasteiger partial charge is 0.383 e. The fourth-order valence-corrected chi connectivity index (χ4v) is 5.36. The summed E-state index contributed by atoms with van der Waals surface area (Å²) in [5.41, 5.74) is 9.69. The molecule has 2 amide bonds. The maximum atomic E-state index is 13.1. The van der Waals surface area contributed by atoms with Crippen LogP contribution >= 0.6 is 0 Å². The molecule has 4 atom stereocenters. The highest BCUT2D eigenvalue weighted by Gasteiger charge is 2.68. The molecule has 9 heteroatoms. The van der Waals surface area contributed by atoms with Crippen LogP contribution in [0.4, 0.5) is 0 Å². The molecule has 1 heterocycles. The molecular weight excluding hydrogens is 398 g/mol. The topological polar surface area (TPSA) is 151 Å². The summed E-state index contributed by atoms with van der Waals surface area (Å²) < 4.78 is 0. The predicted molar refractivity (Wildman–Crippen MR) is 117 cm³/mol. The fraction of sp³-hybridized carbons (Fsp3) is 0.818. The maximum Gasteiger partial charge on any atom is 0.252 e. The van der Waals surface area contributed by atoms with Crippen molar-refractivity contribution in [2.45, 2.75) is 88.3 Å². The van der Waals surface area contributed by atoms with E-state index in [1.165, 1.54) is 12.8 Å². The summed E-state index contributed by atoms with van der Waals surface area (Å²) in [4.78, 5) is 43.1. The average molecular weight is 436 g/mol. The maximum absolute atomic E-state index is 13.1. The number of nitrogens with two attached hydrogens (primary N) is 2. The van der Waals surface area contributed by atoms with Crippen molar-refractivity contribution in [3.8, 4) is 0 Å². The van der Waals surface area contributed by atoms with Gasteiger partial charge in [-0.1, -0.05) is 38.5 Å². The molecule has 174 valence electrons. The van der Waals surface area contributed by atoms with Gasteiger partial charge in [-0.05, 0) is 43.9 Å². The number of aldehydes is 1. The molecule has 0 radical (unpaired) electrons. The Morgan fingerprint density at radius 3 is 2.52 bits per heavy atom. The summed E-state index contributed by atoms with van der Waals surface area (Å²) in [5.74, 6) is -0.156. The molecule has 2 saturated carbocycles. The van der Waals surface area contributed by atoms with Crippen molar-refractivity contribution in [3.63, 3.8) is 0 Å². The number of fused-ring (bicyclic) bond motifs is 1. The van der Waals surface area contributed by atoms with Gasteiger partial charge < -0.3 is 31.6 Å². The van der Waals surface area contributed by atoms with E-state index in [1.807, 2.05) is 0 Å². The van der Waals surface area contributed by atoms with Crippen LogP contribution in [0.5, 0.6) is 0 Å². The first kappa shape index (κ1) is 23.5. The Morgan fingerprint density at radius 2 is 1.90 bits per heavy atom. The second-order valence-corrected chi connectivity index (χ2v) is 9.38. The number of aliphatic hydroxyl groups excluding tert-OH is 1. The van der Waals surface area contributed by atoms with Crippen molar-refractivity contribution in [2.75, 3.05) is 13.1 Å². The second kappa shape index (κ2) is 10.4. The van der Waals surface area contributed by atoms with E-state index in [1.54, 1.807) is 4.90 Å². The number of nitrogens with zero attached hydrogens (tertiary/aromatic N) is 2. The lowest BCUT2D eigenvalue weighted by Crippen LogP contribution is -2.55. The molecule has 0 aromatic heterocycles. The molecule has 6 N–H and O–H groups in total. The number of carbonyl (C=O) groups excluding carboxylic acids is 3. The highest BCUT2D eigenvalue weighted by Crippen LogP contribution is 2.56. The first-order valence-electron chi connectivity index (χ1n) is 11.7. The number of carbonyl (C=O) groups is 3. The Labute approximate surface area is 184 Å². The van der Waals surface area contributed by atoms with E-state index in [0.29, 0.717) is 51.0 Å². The number of aliphatic hydroxyl groups is 1. The normalized spacial score (nSPS) is 27.5. The quantitative estimate of drug-likeness (QED) is 0.128. The van der Waals surface area contributed by atoms with Crippen molar-refractivity contribution in [3.05, 3.63) is 0 Å². The lowest BCUT2D eigenvalue weighted by atomic mass is 9.93. The highest BCUT2D eigenvalue weighted by atomic mass is 16.3. The van der Waals surface area contributed by atoms with Gasteiger partial charge in [0.1, 0.15) is 17.9 Å². The molecule has 0 aromatic carbocycles. The summed E-state index contributed by atoms with van der Waals surface area (Å²) in [6.45, 7) is 0.864. The van der Waals surface area contributed by atoms with Gasteiger partial charge in [0.2, 0.25) is 5.91 Å². The number of rotatable bonds is 10. The van der Waals surface area contributed by atoms with Gasteiger partial charge in [-0.2, -0.15) is 0 Å². The third-order valence-corrected chi connectivity index (χ3v) is 7.18. The fourth-order valence-electron chi connectivity index (χ4n) is 5.36. The number of nitrogens with one attached hydrogen (secondary N) is 1. The van der Waals surface area contributed by atoms with E-state index in [0.717, 1.165) is 32.1 Å². The summed E-state index contributed by atoms with van der Waals surface area (Å²) in [6, 6.07) is -0.647. The predicted octanol–water partition coefficient (Wildman–Crippen LogP) is 0.436. The van der Waals surface area contributed by atoms with Crippen molar-refractivity contribution in [1.82, 2.24) is 10.2 Å². The molecule has 3 fully saturated rings. The van der Waals surface area contributed by atoms with Crippen LogP contribution in [0.15, 0.2) is 4.99 Å². The molecule has 0 bridgehead atoms. The third kappa shape index (κ3) is 5.56. The number of hydrogen-bond donors (Lipinski definition) is 4. The van der Waals surface area contributed by atoms with Crippen LogP contribution < -0.4 is 16.8 Å². The lowest BCUT2D eigenvalue weighted by Gasteiger charge is -2.31. The molecule has 1 saturated heterocycles. The zero-order valence-corrected chi connectivity index (χ0v) is 18.3. The molecule has 3 aliphatic rings. The van der Waals surface area contributed by atoms with Gasteiger partial charge in [0, 0.05) is 13.1 Å². The van der Waals surface area contributed by atoms with Crippen LogP contribution in [0.25, 0.3) is 0 Å². The van der Waals surface area contributed by atoms with E-state index in [4.69, 9.17) is 11.5 Å². The third-order valence-electron chi connectivity index (χ3n) is 7.18. The number of aliphatic imine (C=N–C) groups is 1. The molecule has 0 aromatic rings. The molecule has 2 aliphatic carbocycles. The first-order chi connectivity index (χ1) is 14.9. The average Bonchev–Trinajstić information content (AvgIpc) is 3.44. The summed E-state index contributed by atoms with van der Waals surface area (Å²) in [7, 11) is 0. The number of hydrogen-bond acceptors (Lipinski definition) is 5. The summed E-state index contributed by atoms with van der Waals surface area (Å²) >= 11 is 0.